The summed E-state index contributed by atoms with van der Waals surface area (Å²) >= 11 is 0. The lowest BCUT2D eigenvalue weighted by molar-refractivity contribution is 0.626. The van der Waals surface area contributed by atoms with E-state index in [4.69, 9.17) is 0 Å². The van der Waals surface area contributed by atoms with Gasteiger partial charge in [0.15, 0.2) is 0 Å². The van der Waals surface area contributed by atoms with Crippen molar-refractivity contribution in [2.45, 2.75) is 75.2 Å². The molecular formula is C14H36. The molecule has 0 bridgehead atoms. The molecule has 14 heavy (non-hydrogen) atoms. The number of unbranched alkanes of at least 4 members (excludes halogenated alkanes) is 1. The molecule has 0 amide bonds. The monoisotopic (exact) mass is 204 g/mol. The van der Waals surface area contributed by atoms with E-state index in [1.165, 1.54) is 19.3 Å². The number of hydrogen-bond donors (Lipinski definition) is 0. The summed E-state index contributed by atoms with van der Waals surface area (Å²) in [6.07, 6.45) is 3.94. The van der Waals surface area contributed by atoms with Gasteiger partial charge in [0.1, 0.15) is 0 Å². The van der Waals surface area contributed by atoms with E-state index in [1.807, 2.05) is 13.8 Å². The normalized spacial score (nSPS) is 6.29. The van der Waals surface area contributed by atoms with Crippen LogP contribution in [-0.4, -0.2) is 0 Å². The number of hydrogen-bond acceptors (Lipinski definition) is 0. The van der Waals surface area contributed by atoms with Crippen molar-refractivity contribution in [2.75, 3.05) is 0 Å². The first-order valence-electron chi connectivity index (χ1n) is 5.68. The third-order valence-electron chi connectivity index (χ3n) is 1.32. The summed E-state index contributed by atoms with van der Waals surface area (Å²) in [6, 6.07) is 0. The fraction of sp³-hybridized carbons (Fsp3) is 0.857. The van der Waals surface area contributed by atoms with Gasteiger partial charge in [-0.1, -0.05) is 75.2 Å². The Kier molecular flexibility index (Phi) is 111. The minimum absolute atomic E-state index is 0. The average Bonchev–Trinajstić information content (AvgIpc) is 2.24. The van der Waals surface area contributed by atoms with Gasteiger partial charge >= 0.3 is 0 Å². The van der Waals surface area contributed by atoms with Gasteiger partial charge in [0.2, 0.25) is 0 Å². The summed E-state index contributed by atoms with van der Waals surface area (Å²) in [7, 11) is 0. The van der Waals surface area contributed by atoms with E-state index in [0.29, 0.717) is 0 Å². The lowest BCUT2D eigenvalue weighted by atomic mass is 10.2. The van der Waals surface area contributed by atoms with Gasteiger partial charge in [0.25, 0.3) is 0 Å². The van der Waals surface area contributed by atoms with E-state index < -0.39 is 0 Å². The molecular weight excluding hydrogens is 168 g/mol. The molecule has 0 nitrogen and oxygen atoms in total. The first kappa shape index (κ1) is 29.2. The molecule has 0 unspecified atom stereocenters. The van der Waals surface area contributed by atoms with E-state index in [2.05, 4.69) is 47.8 Å². The average molecular weight is 204 g/mol. The zero-order chi connectivity index (χ0) is 11.7. The molecule has 0 radical (unpaired) electrons. The van der Waals surface area contributed by atoms with Crippen LogP contribution in [0, 0.1) is 5.92 Å². The summed E-state index contributed by atoms with van der Waals surface area (Å²) in [5.74, 6) is 0.884. The molecule has 0 rings (SSSR count). The van der Waals surface area contributed by atoms with Crippen LogP contribution < -0.4 is 0 Å². The Morgan fingerprint density at radius 1 is 0.857 bits per heavy atom. The van der Waals surface area contributed by atoms with Crippen molar-refractivity contribution in [1.82, 2.24) is 0 Å². The maximum atomic E-state index is 3.00. The summed E-state index contributed by atoms with van der Waals surface area (Å²) in [4.78, 5) is 0. The van der Waals surface area contributed by atoms with E-state index in [1.54, 1.807) is 0 Å². The topological polar surface area (TPSA) is 0 Å². The summed E-state index contributed by atoms with van der Waals surface area (Å²) in [5.41, 5.74) is 0. The molecule has 0 heteroatoms. The molecule has 0 aromatic rings. The van der Waals surface area contributed by atoms with Gasteiger partial charge in [-0.3, -0.25) is 0 Å². The zero-order valence-electron chi connectivity index (χ0n) is 11.1. The Bertz CT molecular complexity index is 35.3. The lowest BCUT2D eigenvalue weighted by Crippen LogP contribution is -1.77. The van der Waals surface area contributed by atoms with Crippen molar-refractivity contribution in [3.8, 4) is 0 Å². The molecule has 0 aliphatic rings. The maximum Gasteiger partial charge on any atom is -0.0474 e. The molecule has 0 saturated carbocycles. The van der Waals surface area contributed by atoms with Gasteiger partial charge < -0.3 is 0 Å². The second kappa shape index (κ2) is 53.3. The predicted molar refractivity (Wildman–Crippen MR) is 75.0 cm³/mol. The highest BCUT2D eigenvalue weighted by atomic mass is 13.9. The Morgan fingerprint density at radius 3 is 1.00 bits per heavy atom. The molecule has 0 aromatic heterocycles. The highest BCUT2D eigenvalue weighted by molar-refractivity contribution is 4.32. The SMILES string of the molecule is C.C=C.CC.CCC(C)C.CCCC. The van der Waals surface area contributed by atoms with Crippen molar-refractivity contribution in [3.05, 3.63) is 13.2 Å². The fourth-order valence-corrected chi connectivity index (χ4v) is 0. The molecule has 0 fully saturated rings. The quantitative estimate of drug-likeness (QED) is 0.461. The van der Waals surface area contributed by atoms with Crippen molar-refractivity contribution >= 4 is 0 Å². The van der Waals surface area contributed by atoms with E-state index in [9.17, 15) is 0 Å². The molecule has 0 spiro atoms. The van der Waals surface area contributed by atoms with Crippen LogP contribution in [0.15, 0.2) is 13.2 Å². The molecule has 0 aliphatic carbocycles. The molecule has 0 aromatic carbocycles. The lowest BCUT2D eigenvalue weighted by Gasteiger charge is -1.90. The minimum atomic E-state index is 0. The highest BCUT2D eigenvalue weighted by Gasteiger charge is 1.80. The van der Waals surface area contributed by atoms with E-state index >= 15 is 0 Å². The Morgan fingerprint density at radius 2 is 1.00 bits per heavy atom. The van der Waals surface area contributed by atoms with Gasteiger partial charge in [0, 0.05) is 0 Å². The fourth-order valence-electron chi connectivity index (χ4n) is 0. The smallest absolute Gasteiger partial charge is 0.0474 e. The standard InChI is InChI=1S/C5H12.C4H10.C2H6.C2H4.CH4/c1-4-5(2)3;1-3-4-2;2*1-2;/h5H,4H2,1-3H3;3-4H2,1-2H3;1-2H3;1-2H2;1H4. The number of rotatable bonds is 2. The second-order valence-electron chi connectivity index (χ2n) is 2.80. The molecule has 0 heterocycles. The maximum absolute atomic E-state index is 3.00. The van der Waals surface area contributed by atoms with Crippen molar-refractivity contribution < 1.29 is 0 Å². The van der Waals surface area contributed by atoms with Crippen LogP contribution in [0.5, 0.6) is 0 Å². The molecule has 0 saturated heterocycles. The molecule has 0 aliphatic heterocycles. The minimum Gasteiger partial charge on any atom is -0.106 e. The van der Waals surface area contributed by atoms with E-state index in [-0.39, 0.29) is 7.43 Å². The molecule has 0 N–H and O–H groups in total. The Hall–Kier alpha value is -0.260. The molecule has 92 valence electrons. The largest absolute Gasteiger partial charge is 0.106 e. The van der Waals surface area contributed by atoms with Crippen molar-refractivity contribution in [3.63, 3.8) is 0 Å². The first-order valence-corrected chi connectivity index (χ1v) is 5.68. The van der Waals surface area contributed by atoms with Crippen LogP contribution in [0.4, 0.5) is 0 Å². The van der Waals surface area contributed by atoms with Crippen LogP contribution in [0.1, 0.15) is 75.2 Å². The summed E-state index contributed by atoms with van der Waals surface area (Å²) in [5, 5.41) is 0. The van der Waals surface area contributed by atoms with Crippen LogP contribution in [0.3, 0.4) is 0 Å². The highest BCUT2D eigenvalue weighted by Crippen LogP contribution is 1.93. The van der Waals surface area contributed by atoms with Gasteiger partial charge in [-0.25, -0.2) is 0 Å². The van der Waals surface area contributed by atoms with Crippen molar-refractivity contribution in [1.29, 1.82) is 0 Å². The first-order chi connectivity index (χ1) is 6.18. The Balaban J connectivity index is -0.0000000273. The zero-order valence-corrected chi connectivity index (χ0v) is 11.1. The predicted octanol–water partition coefficient (Wildman–Crippen LogP) is 6.32. The Labute approximate surface area is 94.8 Å². The van der Waals surface area contributed by atoms with Gasteiger partial charge in [-0.2, -0.15) is 0 Å². The van der Waals surface area contributed by atoms with Gasteiger partial charge in [-0.05, 0) is 5.92 Å². The summed E-state index contributed by atoms with van der Waals surface area (Å²) < 4.78 is 0. The third-order valence-corrected chi connectivity index (χ3v) is 1.32. The third kappa shape index (κ3) is 180. The summed E-state index contributed by atoms with van der Waals surface area (Å²) in [6.45, 7) is 21.0. The van der Waals surface area contributed by atoms with Gasteiger partial charge in [0.05, 0.1) is 0 Å². The van der Waals surface area contributed by atoms with Gasteiger partial charge in [-0.15, -0.1) is 13.2 Å². The molecule has 0 atom stereocenters. The van der Waals surface area contributed by atoms with Crippen LogP contribution in [0.25, 0.3) is 0 Å². The van der Waals surface area contributed by atoms with Crippen molar-refractivity contribution in [2.24, 2.45) is 5.92 Å². The second-order valence-corrected chi connectivity index (χ2v) is 2.80. The van der Waals surface area contributed by atoms with E-state index in [0.717, 1.165) is 5.92 Å². The van der Waals surface area contributed by atoms with Crippen LogP contribution in [-0.2, 0) is 0 Å². The van der Waals surface area contributed by atoms with Crippen LogP contribution >= 0.6 is 0 Å². The van der Waals surface area contributed by atoms with Crippen LogP contribution in [0.2, 0.25) is 0 Å².